The summed E-state index contributed by atoms with van der Waals surface area (Å²) in [5.74, 6) is -1.48. The van der Waals surface area contributed by atoms with Crippen molar-refractivity contribution in [2.75, 3.05) is 12.0 Å². The van der Waals surface area contributed by atoms with Gasteiger partial charge in [-0.25, -0.2) is 14.5 Å². The van der Waals surface area contributed by atoms with Gasteiger partial charge in [-0.1, -0.05) is 42.5 Å². The van der Waals surface area contributed by atoms with Gasteiger partial charge in [-0.05, 0) is 53.6 Å². The minimum Gasteiger partial charge on any atom is -0.489 e. The lowest BCUT2D eigenvalue weighted by molar-refractivity contribution is -0.122. The van der Waals surface area contributed by atoms with Crippen LogP contribution in [0.3, 0.4) is 0 Å². The molecular formula is C26H20N2O6. The van der Waals surface area contributed by atoms with E-state index in [-0.39, 0.29) is 16.8 Å². The van der Waals surface area contributed by atoms with Crippen molar-refractivity contribution in [3.8, 4) is 5.75 Å². The predicted molar refractivity (Wildman–Crippen MR) is 124 cm³/mol. The summed E-state index contributed by atoms with van der Waals surface area (Å²) in [6, 6.07) is 21.4. The fourth-order valence-electron chi connectivity index (χ4n) is 3.32. The largest absolute Gasteiger partial charge is 0.489 e. The van der Waals surface area contributed by atoms with Gasteiger partial charge in [0.05, 0.1) is 18.4 Å². The second kappa shape index (κ2) is 9.83. The molecule has 0 saturated carbocycles. The Hall–Kier alpha value is -4.72. The number of methoxy groups -OCH3 is 1. The molecular weight excluding hydrogens is 436 g/mol. The van der Waals surface area contributed by atoms with E-state index < -0.39 is 23.8 Å². The lowest BCUT2D eigenvalue weighted by atomic mass is 10.1. The number of rotatable bonds is 6. The van der Waals surface area contributed by atoms with Crippen molar-refractivity contribution in [2.24, 2.45) is 0 Å². The summed E-state index contributed by atoms with van der Waals surface area (Å²) in [5.41, 5.74) is 1.88. The number of esters is 1. The number of carbonyl (C=O) groups excluding carboxylic acids is 4. The number of nitrogens with one attached hydrogen (secondary N) is 1. The van der Waals surface area contributed by atoms with Crippen molar-refractivity contribution in [3.63, 3.8) is 0 Å². The predicted octanol–water partition coefficient (Wildman–Crippen LogP) is 3.72. The van der Waals surface area contributed by atoms with E-state index in [4.69, 9.17) is 4.74 Å². The molecule has 0 atom stereocenters. The molecule has 0 aliphatic carbocycles. The number of hydrogen-bond donors (Lipinski definition) is 1. The van der Waals surface area contributed by atoms with Gasteiger partial charge in [0.1, 0.15) is 17.9 Å². The molecule has 4 amide bonds. The Bertz CT molecular complexity index is 1260. The Morgan fingerprint density at radius 3 is 2.24 bits per heavy atom. The topological polar surface area (TPSA) is 102 Å². The van der Waals surface area contributed by atoms with Crippen molar-refractivity contribution < 1.29 is 28.7 Å². The van der Waals surface area contributed by atoms with E-state index >= 15 is 0 Å². The van der Waals surface area contributed by atoms with Gasteiger partial charge >= 0.3 is 12.0 Å². The van der Waals surface area contributed by atoms with Crippen LogP contribution in [0.15, 0.2) is 84.4 Å². The van der Waals surface area contributed by atoms with Gasteiger partial charge in [-0.2, -0.15) is 0 Å². The highest BCUT2D eigenvalue weighted by Gasteiger charge is 2.36. The summed E-state index contributed by atoms with van der Waals surface area (Å²) >= 11 is 0. The van der Waals surface area contributed by atoms with Gasteiger partial charge < -0.3 is 9.47 Å². The summed E-state index contributed by atoms with van der Waals surface area (Å²) in [6.07, 6.45) is 1.40. The lowest BCUT2D eigenvalue weighted by Crippen LogP contribution is -2.54. The van der Waals surface area contributed by atoms with Crippen LogP contribution in [0.5, 0.6) is 5.75 Å². The molecule has 0 unspecified atom stereocenters. The highest BCUT2D eigenvalue weighted by molar-refractivity contribution is 6.39. The third-order valence-electron chi connectivity index (χ3n) is 5.09. The number of urea groups is 1. The molecule has 0 aromatic heterocycles. The summed E-state index contributed by atoms with van der Waals surface area (Å²) in [4.78, 5) is 50.2. The van der Waals surface area contributed by atoms with Gasteiger partial charge in [-0.3, -0.25) is 14.9 Å². The number of barbiturate groups is 1. The summed E-state index contributed by atoms with van der Waals surface area (Å²) in [7, 11) is 1.25. The molecule has 170 valence electrons. The average Bonchev–Trinajstić information content (AvgIpc) is 2.86. The van der Waals surface area contributed by atoms with E-state index in [9.17, 15) is 19.2 Å². The number of ether oxygens (including phenoxy) is 2. The van der Waals surface area contributed by atoms with E-state index in [0.717, 1.165) is 10.5 Å². The summed E-state index contributed by atoms with van der Waals surface area (Å²) < 4.78 is 10.4. The zero-order valence-corrected chi connectivity index (χ0v) is 18.2. The van der Waals surface area contributed by atoms with Gasteiger partial charge in [0.25, 0.3) is 11.8 Å². The van der Waals surface area contributed by atoms with Crippen LogP contribution in [-0.4, -0.2) is 30.9 Å². The molecule has 0 radical (unpaired) electrons. The molecule has 4 rings (SSSR count). The number of imide groups is 2. The molecule has 3 aromatic carbocycles. The lowest BCUT2D eigenvalue weighted by Gasteiger charge is -2.26. The number of carbonyl (C=O) groups is 4. The minimum atomic E-state index is -0.873. The van der Waals surface area contributed by atoms with Crippen LogP contribution in [0.1, 0.15) is 21.5 Å². The quantitative estimate of drug-likeness (QED) is 0.345. The van der Waals surface area contributed by atoms with Crippen LogP contribution in [0.4, 0.5) is 10.5 Å². The van der Waals surface area contributed by atoms with Crippen LogP contribution >= 0.6 is 0 Å². The molecule has 0 spiro atoms. The van der Waals surface area contributed by atoms with Crippen LogP contribution < -0.4 is 15.0 Å². The average molecular weight is 456 g/mol. The Labute approximate surface area is 195 Å². The number of hydrogen-bond acceptors (Lipinski definition) is 6. The maximum absolute atomic E-state index is 13.0. The highest BCUT2D eigenvalue weighted by Crippen LogP contribution is 2.23. The molecule has 1 aliphatic heterocycles. The fourth-order valence-corrected chi connectivity index (χ4v) is 3.32. The van der Waals surface area contributed by atoms with Crippen LogP contribution in [0.2, 0.25) is 0 Å². The molecule has 1 N–H and O–H groups in total. The Kier molecular flexibility index (Phi) is 6.49. The van der Waals surface area contributed by atoms with Crippen LogP contribution in [-0.2, 0) is 20.9 Å². The molecule has 1 heterocycles. The molecule has 1 saturated heterocycles. The van der Waals surface area contributed by atoms with Crippen molar-refractivity contribution in [1.29, 1.82) is 0 Å². The monoisotopic (exact) mass is 456 g/mol. The smallest absolute Gasteiger partial charge is 0.337 e. The highest BCUT2D eigenvalue weighted by atomic mass is 16.5. The minimum absolute atomic E-state index is 0.199. The zero-order chi connectivity index (χ0) is 24.1. The molecule has 1 fully saturated rings. The first-order valence-electron chi connectivity index (χ1n) is 10.3. The fraction of sp³-hybridized carbons (Fsp3) is 0.0769. The third-order valence-corrected chi connectivity index (χ3v) is 5.09. The summed E-state index contributed by atoms with van der Waals surface area (Å²) in [6.45, 7) is 0.411. The van der Waals surface area contributed by atoms with Crippen molar-refractivity contribution in [1.82, 2.24) is 5.32 Å². The third kappa shape index (κ3) is 4.86. The first-order valence-corrected chi connectivity index (χ1v) is 10.3. The van der Waals surface area contributed by atoms with E-state index in [0.29, 0.717) is 17.9 Å². The molecule has 8 heteroatoms. The maximum Gasteiger partial charge on any atom is 0.337 e. The molecule has 3 aromatic rings. The maximum atomic E-state index is 13.0. The van der Waals surface area contributed by atoms with E-state index in [1.807, 2.05) is 30.3 Å². The van der Waals surface area contributed by atoms with Crippen molar-refractivity contribution in [2.45, 2.75) is 6.61 Å². The second-order valence-corrected chi connectivity index (χ2v) is 7.34. The van der Waals surface area contributed by atoms with Gasteiger partial charge in [-0.15, -0.1) is 0 Å². The van der Waals surface area contributed by atoms with E-state index in [1.54, 1.807) is 24.3 Å². The van der Waals surface area contributed by atoms with Crippen molar-refractivity contribution in [3.05, 3.63) is 101 Å². The summed E-state index contributed by atoms with van der Waals surface area (Å²) in [5, 5.41) is 2.17. The van der Waals surface area contributed by atoms with Gasteiger partial charge in [0.15, 0.2) is 0 Å². The number of anilines is 1. The van der Waals surface area contributed by atoms with E-state index in [1.165, 1.54) is 37.5 Å². The number of nitrogens with zero attached hydrogens (tertiary/aromatic N) is 1. The van der Waals surface area contributed by atoms with Gasteiger partial charge in [0, 0.05) is 0 Å². The Morgan fingerprint density at radius 1 is 0.912 bits per heavy atom. The van der Waals surface area contributed by atoms with Gasteiger partial charge in [0.2, 0.25) is 0 Å². The second-order valence-electron chi connectivity index (χ2n) is 7.34. The molecule has 1 aliphatic rings. The van der Waals surface area contributed by atoms with Crippen LogP contribution in [0.25, 0.3) is 6.08 Å². The first kappa shape index (κ1) is 22.5. The Balaban J connectivity index is 1.51. The van der Waals surface area contributed by atoms with Crippen molar-refractivity contribution >= 4 is 35.6 Å². The molecule has 34 heavy (non-hydrogen) atoms. The molecule has 0 bridgehead atoms. The first-order chi connectivity index (χ1) is 16.5. The number of amides is 4. The normalized spacial score (nSPS) is 14.7. The standard InChI is InChI=1S/C26H20N2O6/c1-33-25(31)19-9-11-20(12-10-19)28-24(30)22(23(29)27-26(28)32)15-17-7-13-21(14-8-17)34-16-18-5-3-2-4-6-18/h2-15H,16H2,1H3,(H,27,29,32)/b22-15+. The SMILES string of the molecule is COC(=O)c1ccc(N2C(=O)NC(=O)/C(=C\c3ccc(OCc4ccccc4)cc3)C2=O)cc1. The van der Waals surface area contributed by atoms with E-state index in [2.05, 4.69) is 10.1 Å². The van der Waals surface area contributed by atoms with Crippen LogP contribution in [0, 0.1) is 0 Å². The Morgan fingerprint density at radius 2 is 1.59 bits per heavy atom. The number of benzene rings is 3. The zero-order valence-electron chi connectivity index (χ0n) is 18.2. The molecule has 8 nitrogen and oxygen atoms in total.